The molecule has 1 nitrogen and oxygen atoms in total. The van der Waals surface area contributed by atoms with Gasteiger partial charge in [-0.2, -0.15) is 0 Å². The second-order valence-corrected chi connectivity index (χ2v) is 8.85. The van der Waals surface area contributed by atoms with Gasteiger partial charge in [-0.25, -0.2) is 0 Å². The third-order valence-corrected chi connectivity index (χ3v) is 6.08. The number of rotatable bonds is 4. The quantitative estimate of drug-likeness (QED) is 0.777. The minimum absolute atomic E-state index is 0.245. The van der Waals surface area contributed by atoms with Gasteiger partial charge in [-0.3, -0.25) is 0 Å². The largest absolute Gasteiger partial charge is 0.313 e. The second-order valence-electron chi connectivity index (χ2n) is 8.04. The maximum absolute atomic E-state index is 6.25. The van der Waals surface area contributed by atoms with Crippen LogP contribution in [0.4, 0.5) is 0 Å². The first-order valence-corrected chi connectivity index (χ1v) is 8.75. The Balaban J connectivity index is 1.80. The van der Waals surface area contributed by atoms with Crippen LogP contribution in [0, 0.1) is 11.3 Å². The zero-order valence-corrected chi connectivity index (χ0v) is 14.7. The molecule has 21 heavy (non-hydrogen) atoms. The maximum Gasteiger partial charge on any atom is 0.0595 e. The Morgan fingerprint density at radius 2 is 1.81 bits per heavy atom. The van der Waals surface area contributed by atoms with Crippen molar-refractivity contribution in [3.8, 4) is 0 Å². The molecule has 0 aliphatic heterocycles. The Labute approximate surface area is 138 Å². The van der Waals surface area contributed by atoms with Crippen LogP contribution in [0.15, 0.2) is 18.2 Å². The minimum Gasteiger partial charge on any atom is -0.313 e. The van der Waals surface area contributed by atoms with Gasteiger partial charge in [0.1, 0.15) is 0 Å². The standard InChI is InChI=1S/C18H25Cl2N/c1-17(2,3)13-9-18(10-13,11-21-14-5-6-14)12-4-7-15(19)16(20)8-12/h4,7-8,13-14,21H,5-6,9-11H2,1-3H3. The minimum atomic E-state index is 0.245. The molecular weight excluding hydrogens is 301 g/mol. The summed E-state index contributed by atoms with van der Waals surface area (Å²) in [5.41, 5.74) is 1.99. The lowest BCUT2D eigenvalue weighted by atomic mass is 9.52. The van der Waals surface area contributed by atoms with E-state index >= 15 is 0 Å². The first kappa shape index (κ1) is 15.6. The lowest BCUT2D eigenvalue weighted by Crippen LogP contribution is -2.52. The Bertz CT molecular complexity index is 523. The topological polar surface area (TPSA) is 12.0 Å². The predicted molar refractivity (Wildman–Crippen MR) is 91.3 cm³/mol. The Hall–Kier alpha value is -0.240. The maximum atomic E-state index is 6.25. The van der Waals surface area contributed by atoms with Crippen LogP contribution in [-0.2, 0) is 5.41 Å². The molecule has 1 N–H and O–H groups in total. The summed E-state index contributed by atoms with van der Waals surface area (Å²) in [6, 6.07) is 6.94. The van der Waals surface area contributed by atoms with E-state index in [0.717, 1.165) is 18.5 Å². The fourth-order valence-electron chi connectivity index (χ4n) is 3.43. The molecule has 0 spiro atoms. The summed E-state index contributed by atoms with van der Waals surface area (Å²) in [5.74, 6) is 0.785. The van der Waals surface area contributed by atoms with Gasteiger partial charge >= 0.3 is 0 Å². The van der Waals surface area contributed by atoms with Crippen molar-refractivity contribution < 1.29 is 0 Å². The van der Waals surface area contributed by atoms with Crippen molar-refractivity contribution in [1.29, 1.82) is 0 Å². The molecule has 0 aromatic heterocycles. The van der Waals surface area contributed by atoms with Gasteiger partial charge in [-0.15, -0.1) is 0 Å². The normalized spacial score (nSPS) is 29.3. The molecule has 0 unspecified atom stereocenters. The molecule has 0 saturated heterocycles. The van der Waals surface area contributed by atoms with Gasteiger partial charge in [0.05, 0.1) is 10.0 Å². The van der Waals surface area contributed by atoms with Crippen molar-refractivity contribution in [2.75, 3.05) is 6.54 Å². The van der Waals surface area contributed by atoms with Crippen LogP contribution in [0.3, 0.4) is 0 Å². The summed E-state index contributed by atoms with van der Waals surface area (Å²) in [6.45, 7) is 8.13. The Morgan fingerprint density at radius 3 is 2.33 bits per heavy atom. The lowest BCUT2D eigenvalue weighted by Gasteiger charge is -2.53. The SMILES string of the molecule is CC(C)(C)C1CC(CNC2CC2)(c2ccc(Cl)c(Cl)c2)C1. The molecule has 116 valence electrons. The van der Waals surface area contributed by atoms with Crippen LogP contribution in [-0.4, -0.2) is 12.6 Å². The van der Waals surface area contributed by atoms with Crippen LogP contribution in [0.25, 0.3) is 0 Å². The van der Waals surface area contributed by atoms with Crippen molar-refractivity contribution in [3.05, 3.63) is 33.8 Å². The zero-order chi connectivity index (χ0) is 15.3. The third kappa shape index (κ3) is 3.25. The van der Waals surface area contributed by atoms with Crippen molar-refractivity contribution in [2.45, 2.75) is 57.9 Å². The van der Waals surface area contributed by atoms with Gasteiger partial charge in [-0.05, 0) is 54.7 Å². The van der Waals surface area contributed by atoms with E-state index in [1.54, 1.807) is 0 Å². The van der Waals surface area contributed by atoms with Crippen molar-refractivity contribution >= 4 is 23.2 Å². The molecule has 1 aromatic carbocycles. The highest BCUT2D eigenvalue weighted by Crippen LogP contribution is 2.54. The molecule has 2 aliphatic rings. The van der Waals surface area contributed by atoms with Crippen molar-refractivity contribution in [3.63, 3.8) is 0 Å². The summed E-state index contributed by atoms with van der Waals surface area (Å²) < 4.78 is 0. The smallest absolute Gasteiger partial charge is 0.0595 e. The summed E-state index contributed by atoms with van der Waals surface area (Å²) in [7, 11) is 0. The number of halogens is 2. The van der Waals surface area contributed by atoms with Crippen LogP contribution >= 0.6 is 23.2 Å². The average Bonchev–Trinajstić information content (AvgIpc) is 3.14. The van der Waals surface area contributed by atoms with Gasteiger partial charge in [0, 0.05) is 18.0 Å². The lowest BCUT2D eigenvalue weighted by molar-refractivity contribution is 0.0446. The molecule has 1 aromatic rings. The fraction of sp³-hybridized carbons (Fsp3) is 0.667. The Kier molecular flexibility index (Phi) is 4.05. The zero-order valence-electron chi connectivity index (χ0n) is 13.2. The Morgan fingerprint density at radius 1 is 1.14 bits per heavy atom. The number of hydrogen-bond acceptors (Lipinski definition) is 1. The van der Waals surface area contributed by atoms with E-state index in [2.05, 4.69) is 38.2 Å². The highest BCUT2D eigenvalue weighted by Gasteiger charge is 2.49. The van der Waals surface area contributed by atoms with E-state index in [-0.39, 0.29) is 5.41 Å². The molecule has 2 aliphatic carbocycles. The molecule has 3 heteroatoms. The van der Waals surface area contributed by atoms with Gasteiger partial charge in [0.2, 0.25) is 0 Å². The molecule has 0 amide bonds. The summed E-state index contributed by atoms with van der Waals surface area (Å²) >= 11 is 12.3. The van der Waals surface area contributed by atoms with Crippen LogP contribution in [0.2, 0.25) is 10.0 Å². The highest BCUT2D eigenvalue weighted by atomic mass is 35.5. The summed E-state index contributed by atoms with van der Waals surface area (Å²) in [4.78, 5) is 0. The molecule has 3 rings (SSSR count). The number of benzene rings is 1. The van der Waals surface area contributed by atoms with Crippen LogP contribution in [0.5, 0.6) is 0 Å². The third-order valence-electron chi connectivity index (χ3n) is 5.34. The van der Waals surface area contributed by atoms with E-state index in [4.69, 9.17) is 23.2 Å². The molecule has 0 radical (unpaired) electrons. The highest BCUT2D eigenvalue weighted by molar-refractivity contribution is 6.42. The predicted octanol–water partition coefficient (Wildman–Crippen LogP) is 5.44. The van der Waals surface area contributed by atoms with Gasteiger partial charge in [0.15, 0.2) is 0 Å². The van der Waals surface area contributed by atoms with E-state index in [1.807, 2.05) is 6.07 Å². The summed E-state index contributed by atoms with van der Waals surface area (Å²) in [5, 5.41) is 5.06. The second kappa shape index (κ2) is 5.44. The van der Waals surface area contributed by atoms with Crippen molar-refractivity contribution in [1.82, 2.24) is 5.32 Å². The first-order valence-electron chi connectivity index (χ1n) is 7.99. The molecule has 2 fully saturated rings. The van der Waals surface area contributed by atoms with E-state index in [1.165, 1.54) is 31.2 Å². The summed E-state index contributed by atoms with van der Waals surface area (Å²) in [6.07, 6.45) is 5.16. The van der Waals surface area contributed by atoms with Crippen LogP contribution in [0.1, 0.15) is 52.0 Å². The number of nitrogens with one attached hydrogen (secondary N) is 1. The molecule has 2 saturated carbocycles. The number of hydrogen-bond donors (Lipinski definition) is 1. The van der Waals surface area contributed by atoms with Gasteiger partial charge < -0.3 is 5.32 Å². The monoisotopic (exact) mass is 325 g/mol. The van der Waals surface area contributed by atoms with Crippen molar-refractivity contribution in [2.24, 2.45) is 11.3 Å². The van der Waals surface area contributed by atoms with Gasteiger partial charge in [0.25, 0.3) is 0 Å². The molecule has 0 bridgehead atoms. The van der Waals surface area contributed by atoms with Gasteiger partial charge in [-0.1, -0.05) is 50.0 Å². The van der Waals surface area contributed by atoms with E-state index in [0.29, 0.717) is 15.5 Å². The van der Waals surface area contributed by atoms with Crippen LogP contribution < -0.4 is 5.32 Å². The average molecular weight is 326 g/mol. The molecule has 0 heterocycles. The fourth-order valence-corrected chi connectivity index (χ4v) is 3.73. The molecule has 0 atom stereocenters. The first-order chi connectivity index (χ1) is 9.80. The molecular formula is C18H25Cl2N. The van der Waals surface area contributed by atoms with E-state index in [9.17, 15) is 0 Å². The van der Waals surface area contributed by atoms with E-state index < -0.39 is 0 Å².